The van der Waals surface area contributed by atoms with Crippen LogP contribution in [0, 0.1) is 0 Å². The second-order valence-electron chi connectivity index (χ2n) is 2.26. The Morgan fingerprint density at radius 2 is 2.00 bits per heavy atom. The first-order chi connectivity index (χ1) is 4.41. The van der Waals surface area contributed by atoms with Crippen LogP contribution in [0.2, 0.25) is 0 Å². The quantitative estimate of drug-likeness (QED) is 0.417. The lowest BCUT2D eigenvalue weighted by Gasteiger charge is -1.98. The van der Waals surface area contributed by atoms with Crippen molar-refractivity contribution in [1.82, 2.24) is 5.32 Å². The Bertz CT molecular complexity index is 40.2. The van der Waals surface area contributed by atoms with Gasteiger partial charge in [0.2, 0.25) is 0 Å². The van der Waals surface area contributed by atoms with Gasteiger partial charge in [-0.1, -0.05) is 26.2 Å². The minimum absolute atomic E-state index is 0.617. The SMILES string of the molecule is CCCCCCNCN. The van der Waals surface area contributed by atoms with Crippen LogP contribution >= 0.6 is 0 Å². The van der Waals surface area contributed by atoms with Crippen LogP contribution in [0.3, 0.4) is 0 Å². The molecule has 0 aromatic heterocycles. The summed E-state index contributed by atoms with van der Waals surface area (Å²) in [5.41, 5.74) is 5.23. The van der Waals surface area contributed by atoms with E-state index in [0.717, 1.165) is 6.54 Å². The maximum absolute atomic E-state index is 5.23. The van der Waals surface area contributed by atoms with Gasteiger partial charge in [-0.3, -0.25) is 0 Å². The molecule has 2 heteroatoms. The number of nitrogens with one attached hydrogen (secondary N) is 1. The van der Waals surface area contributed by atoms with Gasteiger partial charge in [-0.2, -0.15) is 0 Å². The van der Waals surface area contributed by atoms with Gasteiger partial charge >= 0.3 is 0 Å². The molecule has 0 aliphatic carbocycles. The fourth-order valence-corrected chi connectivity index (χ4v) is 0.779. The van der Waals surface area contributed by atoms with Gasteiger partial charge in [0.15, 0.2) is 0 Å². The number of hydrogen-bond acceptors (Lipinski definition) is 2. The Hall–Kier alpha value is -0.0800. The fraction of sp³-hybridized carbons (Fsp3) is 1.00. The lowest BCUT2D eigenvalue weighted by Crippen LogP contribution is -2.23. The van der Waals surface area contributed by atoms with Crippen LogP contribution in [0.15, 0.2) is 0 Å². The monoisotopic (exact) mass is 130 g/mol. The highest BCUT2D eigenvalue weighted by Crippen LogP contribution is 1.96. The standard InChI is InChI=1S/C7H18N2/c1-2-3-4-5-6-9-7-8/h9H,2-8H2,1H3. The summed E-state index contributed by atoms with van der Waals surface area (Å²) in [5, 5.41) is 3.08. The summed E-state index contributed by atoms with van der Waals surface area (Å²) in [6.45, 7) is 3.92. The summed E-state index contributed by atoms with van der Waals surface area (Å²) in [6, 6.07) is 0. The maximum atomic E-state index is 5.23. The predicted molar refractivity (Wildman–Crippen MR) is 41.2 cm³/mol. The average Bonchev–Trinajstić information content (AvgIpc) is 1.89. The van der Waals surface area contributed by atoms with E-state index in [4.69, 9.17) is 5.73 Å². The molecule has 0 aliphatic heterocycles. The van der Waals surface area contributed by atoms with E-state index in [2.05, 4.69) is 12.2 Å². The first-order valence-electron chi connectivity index (χ1n) is 3.82. The smallest absolute Gasteiger partial charge is 0.0428 e. The van der Waals surface area contributed by atoms with Gasteiger partial charge in [0.1, 0.15) is 0 Å². The first-order valence-corrected chi connectivity index (χ1v) is 3.82. The third kappa shape index (κ3) is 7.92. The van der Waals surface area contributed by atoms with Crippen molar-refractivity contribution < 1.29 is 0 Å². The molecule has 0 saturated carbocycles. The molecule has 0 heterocycles. The average molecular weight is 130 g/mol. The molecule has 3 N–H and O–H groups in total. The van der Waals surface area contributed by atoms with Gasteiger partial charge in [0, 0.05) is 6.67 Å². The summed E-state index contributed by atoms with van der Waals surface area (Å²) < 4.78 is 0. The van der Waals surface area contributed by atoms with Crippen molar-refractivity contribution in [3.05, 3.63) is 0 Å². The van der Waals surface area contributed by atoms with Crippen LogP contribution in [0.4, 0.5) is 0 Å². The van der Waals surface area contributed by atoms with Crippen molar-refractivity contribution in [1.29, 1.82) is 0 Å². The van der Waals surface area contributed by atoms with E-state index in [1.165, 1.54) is 25.7 Å². The molecule has 0 aliphatic rings. The molecule has 0 amide bonds. The van der Waals surface area contributed by atoms with Gasteiger partial charge < -0.3 is 11.1 Å². The van der Waals surface area contributed by atoms with E-state index in [9.17, 15) is 0 Å². The zero-order chi connectivity index (χ0) is 6.95. The molecule has 0 spiro atoms. The third-order valence-corrected chi connectivity index (χ3v) is 1.35. The largest absolute Gasteiger partial charge is 0.318 e. The van der Waals surface area contributed by atoms with Gasteiger partial charge in [-0.05, 0) is 13.0 Å². The highest BCUT2D eigenvalue weighted by atomic mass is 14.9. The van der Waals surface area contributed by atoms with Crippen molar-refractivity contribution in [3.8, 4) is 0 Å². The minimum atomic E-state index is 0.617. The van der Waals surface area contributed by atoms with Crippen LogP contribution in [0.5, 0.6) is 0 Å². The van der Waals surface area contributed by atoms with Crippen LogP contribution in [0.25, 0.3) is 0 Å². The molecule has 0 saturated heterocycles. The van der Waals surface area contributed by atoms with Gasteiger partial charge in [-0.25, -0.2) is 0 Å². The highest BCUT2D eigenvalue weighted by Gasteiger charge is 1.84. The van der Waals surface area contributed by atoms with E-state index in [1.807, 2.05) is 0 Å². The Morgan fingerprint density at radius 1 is 1.22 bits per heavy atom. The second-order valence-corrected chi connectivity index (χ2v) is 2.26. The lowest BCUT2D eigenvalue weighted by atomic mass is 10.2. The van der Waals surface area contributed by atoms with Crippen LogP contribution in [-0.2, 0) is 0 Å². The zero-order valence-electron chi connectivity index (χ0n) is 6.32. The Morgan fingerprint density at radius 3 is 2.56 bits per heavy atom. The predicted octanol–water partition coefficient (Wildman–Crippen LogP) is 1.07. The Balaban J connectivity index is 2.60. The Labute approximate surface area is 57.8 Å². The van der Waals surface area contributed by atoms with E-state index < -0.39 is 0 Å². The van der Waals surface area contributed by atoms with Gasteiger partial charge in [-0.15, -0.1) is 0 Å². The molecule has 0 bridgehead atoms. The molecular formula is C7H18N2. The first kappa shape index (κ1) is 8.92. The Kier molecular flexibility index (Phi) is 7.85. The normalized spacial score (nSPS) is 10.0. The summed E-state index contributed by atoms with van der Waals surface area (Å²) in [6.07, 6.45) is 5.27. The summed E-state index contributed by atoms with van der Waals surface area (Å²) in [4.78, 5) is 0. The number of rotatable bonds is 6. The van der Waals surface area contributed by atoms with Crippen LogP contribution in [-0.4, -0.2) is 13.2 Å². The van der Waals surface area contributed by atoms with Crippen molar-refractivity contribution in [2.24, 2.45) is 5.73 Å². The maximum Gasteiger partial charge on any atom is 0.0428 e. The van der Waals surface area contributed by atoms with Gasteiger partial charge in [0.25, 0.3) is 0 Å². The highest BCUT2D eigenvalue weighted by molar-refractivity contribution is 4.43. The molecule has 0 aromatic carbocycles. The molecule has 56 valence electrons. The zero-order valence-corrected chi connectivity index (χ0v) is 6.32. The van der Waals surface area contributed by atoms with Crippen molar-refractivity contribution >= 4 is 0 Å². The van der Waals surface area contributed by atoms with E-state index in [1.54, 1.807) is 0 Å². The second kappa shape index (κ2) is 7.92. The number of unbranched alkanes of at least 4 members (excludes halogenated alkanes) is 3. The topological polar surface area (TPSA) is 38.0 Å². The third-order valence-electron chi connectivity index (χ3n) is 1.35. The lowest BCUT2D eigenvalue weighted by molar-refractivity contribution is 0.605. The van der Waals surface area contributed by atoms with Crippen LogP contribution < -0.4 is 11.1 Å². The van der Waals surface area contributed by atoms with Gasteiger partial charge in [0.05, 0.1) is 0 Å². The van der Waals surface area contributed by atoms with E-state index in [-0.39, 0.29) is 0 Å². The van der Waals surface area contributed by atoms with Crippen molar-refractivity contribution in [3.63, 3.8) is 0 Å². The molecule has 0 atom stereocenters. The fourth-order valence-electron chi connectivity index (χ4n) is 0.779. The molecule has 9 heavy (non-hydrogen) atoms. The van der Waals surface area contributed by atoms with Crippen molar-refractivity contribution in [2.45, 2.75) is 32.6 Å². The van der Waals surface area contributed by atoms with E-state index >= 15 is 0 Å². The minimum Gasteiger partial charge on any atom is -0.318 e. The molecule has 2 nitrogen and oxygen atoms in total. The summed E-state index contributed by atoms with van der Waals surface area (Å²) in [7, 11) is 0. The molecule has 0 fully saturated rings. The molecule has 0 radical (unpaired) electrons. The molecule has 0 unspecified atom stereocenters. The van der Waals surface area contributed by atoms with E-state index in [0.29, 0.717) is 6.67 Å². The van der Waals surface area contributed by atoms with Crippen molar-refractivity contribution in [2.75, 3.05) is 13.2 Å². The summed E-state index contributed by atoms with van der Waals surface area (Å²) in [5.74, 6) is 0. The number of hydrogen-bond donors (Lipinski definition) is 2. The number of nitrogens with two attached hydrogens (primary N) is 1. The molecule has 0 aromatic rings. The van der Waals surface area contributed by atoms with Crippen LogP contribution in [0.1, 0.15) is 32.6 Å². The summed E-state index contributed by atoms with van der Waals surface area (Å²) >= 11 is 0. The molecule has 0 rings (SSSR count). The molecular weight excluding hydrogens is 112 g/mol.